The number of pyridine rings is 1. The summed E-state index contributed by atoms with van der Waals surface area (Å²) >= 11 is 0. The summed E-state index contributed by atoms with van der Waals surface area (Å²) in [5, 5.41) is 3.33. The lowest BCUT2D eigenvalue weighted by Crippen LogP contribution is -2.26. The zero-order valence-electron chi connectivity index (χ0n) is 15.2. The fourth-order valence-electron chi connectivity index (χ4n) is 2.96. The summed E-state index contributed by atoms with van der Waals surface area (Å²) in [6.07, 6.45) is 4.21. The van der Waals surface area contributed by atoms with Gasteiger partial charge >= 0.3 is 0 Å². The molecular weight excluding hydrogens is 334 g/mol. The quantitative estimate of drug-likeness (QED) is 0.732. The number of nitrogens with one attached hydrogen (secondary N) is 2. The minimum Gasteiger partial charge on any atom is -0.491 e. The van der Waals surface area contributed by atoms with Crippen LogP contribution in [0.25, 0.3) is 0 Å². The first-order chi connectivity index (χ1) is 12.7. The highest BCUT2D eigenvalue weighted by Crippen LogP contribution is 2.24. The van der Waals surface area contributed by atoms with E-state index in [1.165, 1.54) is 7.11 Å². The van der Waals surface area contributed by atoms with Gasteiger partial charge in [0, 0.05) is 56.2 Å². The molecule has 2 aromatic heterocycles. The number of aromatic nitrogens is 3. The Labute approximate surface area is 152 Å². The van der Waals surface area contributed by atoms with E-state index in [4.69, 9.17) is 9.47 Å². The van der Waals surface area contributed by atoms with E-state index in [0.29, 0.717) is 18.2 Å². The second-order valence-electron chi connectivity index (χ2n) is 6.44. The number of methoxy groups -OCH3 is 1. The molecule has 1 saturated heterocycles. The Bertz CT molecular complexity index is 773. The van der Waals surface area contributed by atoms with Gasteiger partial charge in [-0.3, -0.25) is 9.69 Å². The van der Waals surface area contributed by atoms with Crippen LogP contribution in [0.3, 0.4) is 0 Å². The van der Waals surface area contributed by atoms with Gasteiger partial charge in [-0.25, -0.2) is 9.97 Å². The van der Waals surface area contributed by atoms with E-state index < -0.39 is 0 Å². The highest BCUT2D eigenvalue weighted by Gasteiger charge is 2.19. The van der Waals surface area contributed by atoms with Crippen LogP contribution in [0.15, 0.2) is 29.5 Å². The van der Waals surface area contributed by atoms with Crippen molar-refractivity contribution in [3.8, 4) is 5.75 Å². The number of hydrogen-bond donors (Lipinski definition) is 2. The maximum absolute atomic E-state index is 11.8. The molecule has 0 spiro atoms. The summed E-state index contributed by atoms with van der Waals surface area (Å²) < 4.78 is 10.4. The van der Waals surface area contributed by atoms with Gasteiger partial charge in [0.2, 0.25) is 5.43 Å². The Morgan fingerprint density at radius 2 is 2.31 bits per heavy atom. The van der Waals surface area contributed by atoms with Crippen molar-refractivity contribution in [2.24, 2.45) is 0 Å². The molecule has 1 atom stereocenters. The van der Waals surface area contributed by atoms with E-state index in [9.17, 15) is 4.79 Å². The standard InChI is InChI=1S/C18H25N5O3/c1-23(10-14-7-16(24)17(25-2)9-20-14)5-4-19-18-8-15(21-12-22-18)13-3-6-26-11-13/h7-9,12-13H,3-6,10-11H2,1-2H3,(H,20,24)(H,19,21,22)/t13-/m1/s1. The Morgan fingerprint density at radius 1 is 1.42 bits per heavy atom. The molecule has 1 fully saturated rings. The van der Waals surface area contributed by atoms with Crippen molar-refractivity contribution in [1.82, 2.24) is 19.9 Å². The number of ether oxygens (including phenoxy) is 2. The fraction of sp³-hybridized carbons (Fsp3) is 0.500. The lowest BCUT2D eigenvalue weighted by atomic mass is 10.1. The number of hydrogen-bond acceptors (Lipinski definition) is 7. The van der Waals surface area contributed by atoms with E-state index in [0.717, 1.165) is 49.9 Å². The molecular formula is C18H25N5O3. The second-order valence-corrected chi connectivity index (χ2v) is 6.44. The van der Waals surface area contributed by atoms with Gasteiger partial charge in [0.25, 0.3) is 0 Å². The Balaban J connectivity index is 1.47. The SMILES string of the molecule is COc1c[nH]c(CN(C)CCNc2cc([C@@H]3CCOC3)ncn2)cc1=O. The average molecular weight is 359 g/mol. The fourth-order valence-corrected chi connectivity index (χ4v) is 2.96. The van der Waals surface area contributed by atoms with Gasteiger partial charge in [-0.05, 0) is 13.5 Å². The van der Waals surface area contributed by atoms with E-state index >= 15 is 0 Å². The van der Waals surface area contributed by atoms with Gasteiger partial charge in [-0.2, -0.15) is 0 Å². The topological polar surface area (TPSA) is 92.4 Å². The number of likely N-dealkylation sites (N-methyl/N-ethyl adjacent to an activating group) is 1. The third-order valence-corrected chi connectivity index (χ3v) is 4.43. The molecule has 0 aromatic carbocycles. The van der Waals surface area contributed by atoms with E-state index in [1.54, 1.807) is 18.6 Å². The molecule has 0 bridgehead atoms. The van der Waals surface area contributed by atoms with Crippen molar-refractivity contribution >= 4 is 5.82 Å². The van der Waals surface area contributed by atoms with Crippen LogP contribution >= 0.6 is 0 Å². The molecule has 1 aliphatic rings. The van der Waals surface area contributed by atoms with E-state index in [2.05, 4.69) is 25.2 Å². The number of H-pyrrole nitrogens is 1. The third kappa shape index (κ3) is 4.80. The van der Waals surface area contributed by atoms with Gasteiger partial charge in [-0.15, -0.1) is 0 Å². The lowest BCUT2D eigenvalue weighted by Gasteiger charge is -2.17. The second kappa shape index (κ2) is 8.77. The zero-order chi connectivity index (χ0) is 18.4. The maximum atomic E-state index is 11.8. The van der Waals surface area contributed by atoms with Crippen LogP contribution in [0.2, 0.25) is 0 Å². The maximum Gasteiger partial charge on any atom is 0.223 e. The summed E-state index contributed by atoms with van der Waals surface area (Å²) in [7, 11) is 3.49. The first-order valence-corrected chi connectivity index (χ1v) is 8.73. The number of anilines is 1. The van der Waals surface area contributed by atoms with Crippen LogP contribution in [0.5, 0.6) is 5.75 Å². The summed E-state index contributed by atoms with van der Waals surface area (Å²) in [6.45, 7) is 3.73. The largest absolute Gasteiger partial charge is 0.491 e. The molecule has 0 aliphatic carbocycles. The average Bonchev–Trinajstić information content (AvgIpc) is 3.17. The van der Waals surface area contributed by atoms with Crippen LogP contribution < -0.4 is 15.5 Å². The first kappa shape index (κ1) is 18.3. The highest BCUT2D eigenvalue weighted by atomic mass is 16.5. The molecule has 3 heterocycles. The predicted molar refractivity (Wildman–Crippen MR) is 98.6 cm³/mol. The van der Waals surface area contributed by atoms with Crippen molar-refractivity contribution in [3.05, 3.63) is 46.3 Å². The molecule has 0 unspecified atom stereocenters. The molecule has 8 nitrogen and oxygen atoms in total. The van der Waals surface area contributed by atoms with Gasteiger partial charge in [0.1, 0.15) is 12.1 Å². The van der Waals surface area contributed by atoms with Crippen LogP contribution in [0.1, 0.15) is 23.7 Å². The zero-order valence-corrected chi connectivity index (χ0v) is 15.2. The van der Waals surface area contributed by atoms with Gasteiger partial charge in [0.05, 0.1) is 19.4 Å². The van der Waals surface area contributed by atoms with Gasteiger partial charge in [0.15, 0.2) is 5.75 Å². The third-order valence-electron chi connectivity index (χ3n) is 4.43. The molecule has 0 amide bonds. The molecule has 3 rings (SSSR count). The van der Waals surface area contributed by atoms with Crippen molar-refractivity contribution < 1.29 is 9.47 Å². The molecule has 2 aromatic rings. The van der Waals surface area contributed by atoms with Crippen molar-refractivity contribution in [1.29, 1.82) is 0 Å². The summed E-state index contributed by atoms with van der Waals surface area (Å²) in [6, 6.07) is 3.57. The minimum absolute atomic E-state index is 0.114. The summed E-state index contributed by atoms with van der Waals surface area (Å²) in [5.41, 5.74) is 1.77. The van der Waals surface area contributed by atoms with Crippen molar-refractivity contribution in [2.75, 3.05) is 45.8 Å². The number of nitrogens with zero attached hydrogens (tertiary/aromatic N) is 3. The first-order valence-electron chi connectivity index (χ1n) is 8.73. The Kier molecular flexibility index (Phi) is 6.19. The van der Waals surface area contributed by atoms with Crippen LogP contribution in [0.4, 0.5) is 5.82 Å². The Morgan fingerprint density at radius 3 is 3.04 bits per heavy atom. The van der Waals surface area contributed by atoms with Crippen LogP contribution in [0, 0.1) is 0 Å². The van der Waals surface area contributed by atoms with Crippen LogP contribution in [-0.4, -0.2) is 60.3 Å². The molecule has 26 heavy (non-hydrogen) atoms. The lowest BCUT2D eigenvalue weighted by molar-refractivity contribution is 0.193. The normalized spacial score (nSPS) is 16.8. The molecule has 140 valence electrons. The number of aromatic amines is 1. The van der Waals surface area contributed by atoms with Gasteiger partial charge in [-0.1, -0.05) is 0 Å². The van der Waals surface area contributed by atoms with Crippen molar-refractivity contribution in [3.63, 3.8) is 0 Å². The number of rotatable bonds is 8. The minimum atomic E-state index is -0.114. The van der Waals surface area contributed by atoms with E-state index in [1.807, 2.05) is 13.1 Å². The molecule has 0 radical (unpaired) electrons. The molecule has 1 aliphatic heterocycles. The Hall–Kier alpha value is -2.45. The molecule has 8 heteroatoms. The monoisotopic (exact) mass is 359 g/mol. The van der Waals surface area contributed by atoms with E-state index in [-0.39, 0.29) is 5.43 Å². The van der Waals surface area contributed by atoms with Crippen LogP contribution in [-0.2, 0) is 11.3 Å². The predicted octanol–water partition coefficient (Wildman–Crippen LogP) is 1.22. The van der Waals surface area contributed by atoms with Crippen molar-refractivity contribution in [2.45, 2.75) is 18.9 Å². The summed E-state index contributed by atoms with van der Waals surface area (Å²) in [5.74, 6) is 1.52. The van der Waals surface area contributed by atoms with Gasteiger partial charge < -0.3 is 19.8 Å². The summed E-state index contributed by atoms with van der Waals surface area (Å²) in [4.78, 5) is 25.6. The molecule has 0 saturated carbocycles. The smallest absolute Gasteiger partial charge is 0.223 e. The highest BCUT2D eigenvalue weighted by molar-refractivity contribution is 5.36. The molecule has 2 N–H and O–H groups in total.